The summed E-state index contributed by atoms with van der Waals surface area (Å²) < 4.78 is 37.8. The number of nitrogens with one attached hydrogen (secondary N) is 2. The van der Waals surface area contributed by atoms with Gasteiger partial charge in [-0.05, 0) is 43.3 Å². The number of halogens is 3. The van der Waals surface area contributed by atoms with Crippen molar-refractivity contribution in [3.05, 3.63) is 38.5 Å². The van der Waals surface area contributed by atoms with Crippen molar-refractivity contribution in [2.45, 2.75) is 32.1 Å². The second kappa shape index (κ2) is 9.71. The Kier molecular flexibility index (Phi) is 7.30. The lowest BCUT2D eigenvalue weighted by Gasteiger charge is -2.32. The molecule has 1 aliphatic rings. The highest BCUT2D eigenvalue weighted by Gasteiger charge is 2.33. The second-order valence-electron chi connectivity index (χ2n) is 6.73. The quantitative estimate of drug-likeness (QED) is 0.540. The molecule has 0 atom stereocenters. The van der Waals surface area contributed by atoms with E-state index in [-0.39, 0.29) is 6.54 Å². The number of guanidine groups is 1. The lowest BCUT2D eigenvalue weighted by Crippen LogP contribution is -2.42. The summed E-state index contributed by atoms with van der Waals surface area (Å²) >= 11 is 2.79. The molecule has 2 aromatic heterocycles. The SMILES string of the molecule is CN=C(NCc1nc(C(F)(F)F)cs1)NCC1CCN(Cc2cccs2)CC1. The summed E-state index contributed by atoms with van der Waals surface area (Å²) in [5.41, 5.74) is -0.841. The molecular weight excluding hydrogens is 407 g/mol. The largest absolute Gasteiger partial charge is 0.434 e. The Morgan fingerprint density at radius 3 is 2.68 bits per heavy atom. The van der Waals surface area contributed by atoms with Gasteiger partial charge in [0.25, 0.3) is 0 Å². The van der Waals surface area contributed by atoms with Crippen LogP contribution in [-0.4, -0.2) is 42.5 Å². The van der Waals surface area contributed by atoms with Gasteiger partial charge in [-0.1, -0.05) is 6.07 Å². The van der Waals surface area contributed by atoms with E-state index in [4.69, 9.17) is 0 Å². The van der Waals surface area contributed by atoms with Crippen LogP contribution in [0.25, 0.3) is 0 Å². The molecule has 5 nitrogen and oxygen atoms in total. The lowest BCUT2D eigenvalue weighted by atomic mass is 9.97. The Hall–Kier alpha value is -1.65. The Balaban J connectivity index is 1.37. The molecule has 3 heterocycles. The third-order valence-corrected chi connectivity index (χ3v) is 6.41. The fourth-order valence-corrected chi connectivity index (χ4v) is 4.60. The second-order valence-corrected chi connectivity index (χ2v) is 8.70. The van der Waals surface area contributed by atoms with Gasteiger partial charge in [-0.3, -0.25) is 9.89 Å². The maximum atomic E-state index is 12.6. The summed E-state index contributed by atoms with van der Waals surface area (Å²) in [5, 5.41) is 9.86. The lowest BCUT2D eigenvalue weighted by molar-refractivity contribution is -0.140. The van der Waals surface area contributed by atoms with Gasteiger partial charge in [-0.25, -0.2) is 4.98 Å². The van der Waals surface area contributed by atoms with Crippen molar-refractivity contribution in [1.82, 2.24) is 20.5 Å². The van der Waals surface area contributed by atoms with Crippen LogP contribution in [0.3, 0.4) is 0 Å². The number of rotatable bonds is 6. The molecule has 28 heavy (non-hydrogen) atoms. The van der Waals surface area contributed by atoms with E-state index < -0.39 is 11.9 Å². The van der Waals surface area contributed by atoms with Gasteiger partial charge in [0.1, 0.15) is 5.01 Å². The minimum atomic E-state index is -4.40. The molecule has 1 aliphatic heterocycles. The van der Waals surface area contributed by atoms with Crippen LogP contribution in [0.5, 0.6) is 0 Å². The van der Waals surface area contributed by atoms with E-state index in [9.17, 15) is 13.2 Å². The molecular formula is C18H24F3N5S2. The first-order chi connectivity index (χ1) is 13.4. The number of hydrogen-bond acceptors (Lipinski definition) is 5. The van der Waals surface area contributed by atoms with Crippen LogP contribution in [-0.2, 0) is 19.3 Å². The average molecular weight is 432 g/mol. The van der Waals surface area contributed by atoms with Gasteiger partial charge < -0.3 is 10.6 Å². The minimum Gasteiger partial charge on any atom is -0.356 e. The molecule has 0 saturated carbocycles. The van der Waals surface area contributed by atoms with Gasteiger partial charge in [-0.15, -0.1) is 22.7 Å². The third-order valence-electron chi connectivity index (χ3n) is 4.70. The molecule has 0 bridgehead atoms. The van der Waals surface area contributed by atoms with Crippen LogP contribution in [0.2, 0.25) is 0 Å². The van der Waals surface area contributed by atoms with E-state index >= 15 is 0 Å². The van der Waals surface area contributed by atoms with Crippen molar-refractivity contribution >= 4 is 28.6 Å². The molecule has 154 valence electrons. The van der Waals surface area contributed by atoms with Crippen LogP contribution >= 0.6 is 22.7 Å². The Morgan fingerprint density at radius 1 is 1.29 bits per heavy atom. The number of thiophene rings is 1. The number of likely N-dealkylation sites (tertiary alicyclic amines) is 1. The fraction of sp³-hybridized carbons (Fsp3) is 0.556. The Labute approximate surface area is 170 Å². The summed E-state index contributed by atoms with van der Waals surface area (Å²) in [6.45, 7) is 4.21. The Morgan fingerprint density at radius 2 is 2.07 bits per heavy atom. The number of piperidine rings is 1. The molecule has 1 saturated heterocycles. The average Bonchev–Trinajstić information content (AvgIpc) is 3.35. The molecule has 0 aliphatic carbocycles. The third kappa shape index (κ3) is 6.18. The first-order valence-corrected chi connectivity index (χ1v) is 10.9. The number of aliphatic imine (C=N–C) groups is 1. The summed E-state index contributed by atoms with van der Waals surface area (Å²) in [6, 6.07) is 4.26. The van der Waals surface area contributed by atoms with Crippen molar-refractivity contribution in [3.8, 4) is 0 Å². The van der Waals surface area contributed by atoms with Crippen molar-refractivity contribution < 1.29 is 13.2 Å². The molecule has 0 amide bonds. The molecule has 0 unspecified atom stereocenters. The van der Waals surface area contributed by atoms with Gasteiger partial charge in [-0.2, -0.15) is 13.2 Å². The predicted octanol–water partition coefficient (Wildman–Crippen LogP) is 3.80. The standard InChI is InChI=1S/C18H24F3N5S2/c1-22-17(24-10-16-25-15(12-28-16)18(19,20)21)23-9-13-4-6-26(7-5-13)11-14-3-2-8-27-14/h2-3,8,12-13H,4-7,9-11H2,1H3,(H2,22,23,24). The van der Waals surface area contributed by atoms with Crippen LogP contribution in [0.1, 0.15) is 28.4 Å². The van der Waals surface area contributed by atoms with Crippen LogP contribution in [0.4, 0.5) is 13.2 Å². The maximum absolute atomic E-state index is 12.6. The first kappa shape index (κ1) is 21.1. The van der Waals surface area contributed by atoms with Crippen molar-refractivity contribution in [3.63, 3.8) is 0 Å². The molecule has 3 rings (SSSR count). The zero-order valence-corrected chi connectivity index (χ0v) is 17.3. The monoisotopic (exact) mass is 431 g/mol. The number of alkyl halides is 3. The zero-order valence-electron chi connectivity index (χ0n) is 15.6. The highest BCUT2D eigenvalue weighted by molar-refractivity contribution is 7.10. The molecule has 2 N–H and O–H groups in total. The summed E-state index contributed by atoms with van der Waals surface area (Å²) in [6.07, 6.45) is -2.15. The number of aromatic nitrogens is 1. The van der Waals surface area contributed by atoms with Crippen LogP contribution in [0.15, 0.2) is 27.9 Å². The highest BCUT2D eigenvalue weighted by atomic mass is 32.1. The smallest absolute Gasteiger partial charge is 0.356 e. The van der Waals surface area contributed by atoms with E-state index in [1.807, 2.05) is 0 Å². The summed E-state index contributed by atoms with van der Waals surface area (Å²) in [4.78, 5) is 11.7. The van der Waals surface area contributed by atoms with Gasteiger partial charge >= 0.3 is 6.18 Å². The topological polar surface area (TPSA) is 52.6 Å². The molecule has 0 spiro atoms. The van der Waals surface area contributed by atoms with Gasteiger partial charge in [0.05, 0.1) is 6.54 Å². The van der Waals surface area contributed by atoms with Crippen molar-refractivity contribution in [1.29, 1.82) is 0 Å². The molecule has 1 fully saturated rings. The fourth-order valence-electron chi connectivity index (χ4n) is 3.11. The molecule has 10 heteroatoms. The van der Waals surface area contributed by atoms with Gasteiger partial charge in [0.15, 0.2) is 11.7 Å². The number of hydrogen-bond donors (Lipinski definition) is 2. The normalized spacial score (nSPS) is 17.1. The van der Waals surface area contributed by atoms with Crippen LogP contribution < -0.4 is 10.6 Å². The Bertz CT molecular complexity index is 750. The molecule has 0 radical (unpaired) electrons. The van der Waals surface area contributed by atoms with Crippen LogP contribution in [0, 0.1) is 5.92 Å². The van der Waals surface area contributed by atoms with E-state index in [0.717, 1.165) is 55.7 Å². The van der Waals surface area contributed by atoms with Crippen molar-refractivity contribution in [2.24, 2.45) is 10.9 Å². The van der Waals surface area contributed by atoms with E-state index in [2.05, 4.69) is 43.0 Å². The summed E-state index contributed by atoms with van der Waals surface area (Å²) in [7, 11) is 1.65. The van der Waals surface area contributed by atoms with Gasteiger partial charge in [0.2, 0.25) is 0 Å². The highest BCUT2D eigenvalue weighted by Crippen LogP contribution is 2.29. The van der Waals surface area contributed by atoms with E-state index in [1.54, 1.807) is 18.4 Å². The predicted molar refractivity (Wildman–Crippen MR) is 108 cm³/mol. The minimum absolute atomic E-state index is 0.222. The molecule has 0 aromatic carbocycles. The van der Waals surface area contributed by atoms with Gasteiger partial charge in [0, 0.05) is 30.4 Å². The maximum Gasteiger partial charge on any atom is 0.434 e. The first-order valence-electron chi connectivity index (χ1n) is 9.15. The van der Waals surface area contributed by atoms with Crippen molar-refractivity contribution in [2.75, 3.05) is 26.7 Å². The summed E-state index contributed by atoms with van der Waals surface area (Å²) in [5.74, 6) is 1.15. The number of thiazole rings is 1. The zero-order chi connectivity index (χ0) is 20.0. The van der Waals surface area contributed by atoms with E-state index in [0.29, 0.717) is 16.9 Å². The molecule has 2 aromatic rings. The van der Waals surface area contributed by atoms with E-state index in [1.165, 1.54) is 4.88 Å². The number of nitrogens with zero attached hydrogens (tertiary/aromatic N) is 3.